The molecule has 5 heteroatoms. The smallest absolute Gasteiger partial charge is 0.251 e. The lowest BCUT2D eigenvalue weighted by Gasteiger charge is -2.30. The summed E-state index contributed by atoms with van der Waals surface area (Å²) < 4.78 is 5.45. The Bertz CT molecular complexity index is 530. The van der Waals surface area contributed by atoms with E-state index < -0.39 is 5.60 Å². The molecule has 126 valence electrons. The number of carbonyl (C=O) groups is 1. The van der Waals surface area contributed by atoms with Crippen LogP contribution in [0.5, 0.6) is 0 Å². The summed E-state index contributed by atoms with van der Waals surface area (Å²) in [5, 5.41) is 10.8. The molecule has 2 atom stereocenters. The molecular weight excluding hydrogens is 292 g/mol. The number of likely N-dealkylation sites (N-methyl/N-ethyl adjacent to an activating group) is 1. The Morgan fingerprint density at radius 2 is 2.22 bits per heavy atom. The van der Waals surface area contributed by atoms with Crippen LogP contribution in [0, 0.1) is 0 Å². The van der Waals surface area contributed by atoms with Crippen LogP contribution in [-0.2, 0) is 16.1 Å². The Morgan fingerprint density at radius 1 is 1.43 bits per heavy atom. The van der Waals surface area contributed by atoms with Gasteiger partial charge in [-0.15, -0.1) is 0 Å². The Balaban J connectivity index is 1.52. The van der Waals surface area contributed by atoms with E-state index in [1.165, 1.54) is 5.56 Å². The van der Waals surface area contributed by atoms with Crippen LogP contribution in [0.2, 0.25) is 0 Å². The van der Waals surface area contributed by atoms with Crippen LogP contribution in [0.25, 0.3) is 0 Å². The highest BCUT2D eigenvalue weighted by molar-refractivity contribution is 5.81. The standard InChI is InChI=1S/C18H26N2O3/c1-19(17(21)16-8-5-11-23-16)13-18(22)9-10-20(14-18)12-15-6-3-2-4-7-15/h2-4,6-7,16,22H,5,8-14H2,1H3/t16-,18?/m0/s1. The highest BCUT2D eigenvalue weighted by atomic mass is 16.5. The van der Waals surface area contributed by atoms with Crippen molar-refractivity contribution in [1.29, 1.82) is 0 Å². The van der Waals surface area contributed by atoms with Crippen molar-refractivity contribution < 1.29 is 14.6 Å². The van der Waals surface area contributed by atoms with Crippen LogP contribution < -0.4 is 0 Å². The molecule has 1 aromatic carbocycles. The second-order valence-corrected chi connectivity index (χ2v) is 6.87. The zero-order valence-electron chi connectivity index (χ0n) is 13.8. The number of amides is 1. The van der Waals surface area contributed by atoms with Gasteiger partial charge in [0.2, 0.25) is 0 Å². The molecule has 23 heavy (non-hydrogen) atoms. The normalized spacial score (nSPS) is 28.2. The van der Waals surface area contributed by atoms with Gasteiger partial charge in [-0.05, 0) is 24.8 Å². The van der Waals surface area contributed by atoms with Crippen molar-refractivity contribution in [3.8, 4) is 0 Å². The molecule has 0 spiro atoms. The average Bonchev–Trinajstić information content (AvgIpc) is 3.18. The van der Waals surface area contributed by atoms with Gasteiger partial charge in [0.05, 0.1) is 12.1 Å². The number of β-amino-alcohol motifs (C(OH)–C–C–N with tert-alkyl or cyclic N) is 1. The van der Waals surface area contributed by atoms with Crippen molar-refractivity contribution in [3.63, 3.8) is 0 Å². The fraction of sp³-hybridized carbons (Fsp3) is 0.611. The van der Waals surface area contributed by atoms with E-state index in [9.17, 15) is 9.90 Å². The van der Waals surface area contributed by atoms with Crippen LogP contribution in [0.1, 0.15) is 24.8 Å². The van der Waals surface area contributed by atoms with Crippen molar-refractivity contribution in [3.05, 3.63) is 35.9 Å². The highest BCUT2D eigenvalue weighted by Crippen LogP contribution is 2.25. The first-order valence-corrected chi connectivity index (χ1v) is 8.41. The lowest BCUT2D eigenvalue weighted by molar-refractivity contribution is -0.142. The minimum atomic E-state index is -0.822. The topological polar surface area (TPSA) is 53.0 Å². The maximum absolute atomic E-state index is 12.3. The highest BCUT2D eigenvalue weighted by Gasteiger charge is 2.39. The van der Waals surface area contributed by atoms with Gasteiger partial charge in [0.1, 0.15) is 6.10 Å². The Kier molecular flexibility index (Phi) is 4.99. The molecule has 2 fully saturated rings. The number of nitrogens with zero attached hydrogens (tertiary/aromatic N) is 2. The summed E-state index contributed by atoms with van der Waals surface area (Å²) in [6.45, 7) is 3.33. The first kappa shape index (κ1) is 16.4. The largest absolute Gasteiger partial charge is 0.387 e. The maximum atomic E-state index is 12.3. The number of ether oxygens (including phenoxy) is 1. The average molecular weight is 318 g/mol. The quantitative estimate of drug-likeness (QED) is 0.888. The van der Waals surface area contributed by atoms with E-state index in [1.807, 2.05) is 18.2 Å². The van der Waals surface area contributed by atoms with Crippen molar-refractivity contribution in [2.24, 2.45) is 0 Å². The maximum Gasteiger partial charge on any atom is 0.251 e. The summed E-state index contributed by atoms with van der Waals surface area (Å²) in [5.41, 5.74) is 0.429. The van der Waals surface area contributed by atoms with Crippen LogP contribution >= 0.6 is 0 Å². The molecule has 2 aliphatic heterocycles. The van der Waals surface area contributed by atoms with E-state index in [2.05, 4.69) is 17.0 Å². The van der Waals surface area contributed by atoms with Crippen molar-refractivity contribution >= 4 is 5.91 Å². The fourth-order valence-corrected chi connectivity index (χ4v) is 3.58. The third kappa shape index (κ3) is 4.10. The molecule has 1 amide bonds. The second kappa shape index (κ2) is 6.99. The van der Waals surface area contributed by atoms with E-state index in [0.29, 0.717) is 26.1 Å². The van der Waals surface area contributed by atoms with Crippen LogP contribution in [0.15, 0.2) is 30.3 Å². The monoisotopic (exact) mass is 318 g/mol. The van der Waals surface area contributed by atoms with Crippen LogP contribution in [0.3, 0.4) is 0 Å². The molecule has 2 saturated heterocycles. The summed E-state index contributed by atoms with van der Waals surface area (Å²) in [7, 11) is 1.77. The van der Waals surface area contributed by atoms with Crippen LogP contribution in [0.4, 0.5) is 0 Å². The molecule has 5 nitrogen and oxygen atoms in total. The molecule has 1 N–H and O–H groups in total. The minimum Gasteiger partial charge on any atom is -0.387 e. The Hall–Kier alpha value is -1.43. The van der Waals surface area contributed by atoms with Gasteiger partial charge in [0.15, 0.2) is 0 Å². The molecule has 2 aliphatic rings. The third-order valence-electron chi connectivity index (χ3n) is 4.77. The van der Waals surface area contributed by atoms with E-state index in [0.717, 1.165) is 25.9 Å². The lowest BCUT2D eigenvalue weighted by Crippen LogP contribution is -2.48. The zero-order chi connectivity index (χ0) is 16.3. The number of hydrogen-bond acceptors (Lipinski definition) is 4. The van der Waals surface area contributed by atoms with Gasteiger partial charge in [0, 0.05) is 33.3 Å². The van der Waals surface area contributed by atoms with Gasteiger partial charge in [0.25, 0.3) is 5.91 Å². The molecule has 0 aliphatic carbocycles. The molecule has 1 unspecified atom stereocenters. The fourth-order valence-electron chi connectivity index (χ4n) is 3.58. The SMILES string of the molecule is CN(CC1(O)CCN(Cc2ccccc2)C1)C(=O)[C@@H]1CCCO1. The van der Waals surface area contributed by atoms with Gasteiger partial charge in [-0.1, -0.05) is 30.3 Å². The number of benzene rings is 1. The van der Waals surface area contributed by atoms with Crippen molar-refractivity contribution in [2.45, 2.75) is 37.5 Å². The summed E-state index contributed by atoms with van der Waals surface area (Å²) in [6, 6.07) is 10.3. The molecule has 0 saturated carbocycles. The van der Waals surface area contributed by atoms with E-state index in [1.54, 1.807) is 11.9 Å². The Morgan fingerprint density at radius 3 is 2.91 bits per heavy atom. The third-order valence-corrected chi connectivity index (χ3v) is 4.77. The number of likely N-dealkylation sites (tertiary alicyclic amines) is 1. The van der Waals surface area contributed by atoms with Crippen molar-refractivity contribution in [2.75, 3.05) is 33.3 Å². The molecule has 0 aromatic heterocycles. The first-order valence-electron chi connectivity index (χ1n) is 8.41. The number of hydrogen-bond donors (Lipinski definition) is 1. The van der Waals surface area contributed by atoms with Gasteiger partial charge in [-0.25, -0.2) is 0 Å². The molecule has 1 aromatic rings. The van der Waals surface area contributed by atoms with Gasteiger partial charge >= 0.3 is 0 Å². The van der Waals surface area contributed by atoms with Gasteiger partial charge in [-0.3, -0.25) is 9.69 Å². The molecule has 2 heterocycles. The molecular formula is C18H26N2O3. The first-order chi connectivity index (χ1) is 11.1. The van der Waals surface area contributed by atoms with E-state index >= 15 is 0 Å². The Labute approximate surface area is 137 Å². The van der Waals surface area contributed by atoms with E-state index in [4.69, 9.17) is 4.74 Å². The molecule has 0 radical (unpaired) electrons. The van der Waals surface area contributed by atoms with Crippen molar-refractivity contribution in [1.82, 2.24) is 9.80 Å². The van der Waals surface area contributed by atoms with Gasteiger partial charge < -0.3 is 14.7 Å². The number of rotatable bonds is 5. The second-order valence-electron chi connectivity index (χ2n) is 6.87. The number of carbonyl (C=O) groups excluding carboxylic acids is 1. The number of aliphatic hydroxyl groups is 1. The lowest BCUT2D eigenvalue weighted by atomic mass is 10.0. The van der Waals surface area contributed by atoms with Crippen LogP contribution in [-0.4, -0.2) is 65.8 Å². The van der Waals surface area contributed by atoms with E-state index in [-0.39, 0.29) is 12.0 Å². The summed E-state index contributed by atoms with van der Waals surface area (Å²) in [5.74, 6) is -0.00238. The summed E-state index contributed by atoms with van der Waals surface area (Å²) in [6.07, 6.45) is 2.12. The molecule has 0 bridgehead atoms. The summed E-state index contributed by atoms with van der Waals surface area (Å²) in [4.78, 5) is 16.2. The predicted molar refractivity (Wildman–Crippen MR) is 87.9 cm³/mol. The summed E-state index contributed by atoms with van der Waals surface area (Å²) >= 11 is 0. The van der Waals surface area contributed by atoms with Gasteiger partial charge in [-0.2, -0.15) is 0 Å². The molecule has 3 rings (SSSR count). The predicted octanol–water partition coefficient (Wildman–Crippen LogP) is 1.26. The minimum absolute atomic E-state index is 0.00238. The zero-order valence-corrected chi connectivity index (χ0v) is 13.8.